The monoisotopic (exact) mass is 278 g/mol. The topological polar surface area (TPSA) is 73.1 Å². The molecule has 3 N–H and O–H groups in total. The van der Waals surface area contributed by atoms with Gasteiger partial charge in [-0.15, -0.1) is 0 Å². The number of aromatic nitrogens is 2. The van der Waals surface area contributed by atoms with Crippen molar-refractivity contribution in [2.45, 2.75) is 46.0 Å². The van der Waals surface area contributed by atoms with Crippen molar-refractivity contribution in [1.29, 1.82) is 0 Å². The van der Waals surface area contributed by atoms with Gasteiger partial charge in [-0.25, -0.2) is 9.97 Å². The summed E-state index contributed by atoms with van der Waals surface area (Å²) in [5.74, 6) is 2.88. The number of anilines is 2. The lowest BCUT2D eigenvalue weighted by atomic mass is 9.95. The fraction of sp³-hybridized carbons (Fsp3) is 0.733. The maximum atomic E-state index is 6.00. The molecule has 0 amide bonds. The van der Waals surface area contributed by atoms with Crippen LogP contribution in [-0.2, 0) is 10.2 Å². The fourth-order valence-corrected chi connectivity index (χ4v) is 2.25. The quantitative estimate of drug-likeness (QED) is 0.885. The van der Waals surface area contributed by atoms with Gasteiger partial charge >= 0.3 is 0 Å². The molecule has 0 bridgehead atoms. The number of ether oxygens (including phenoxy) is 1. The third kappa shape index (κ3) is 3.60. The van der Waals surface area contributed by atoms with Crippen molar-refractivity contribution in [1.82, 2.24) is 9.97 Å². The van der Waals surface area contributed by atoms with Crippen LogP contribution in [0.25, 0.3) is 0 Å². The number of nitrogens with zero attached hydrogens (tertiary/aromatic N) is 2. The average molecular weight is 278 g/mol. The Kier molecular flexibility index (Phi) is 4.48. The first-order valence-electron chi connectivity index (χ1n) is 7.34. The Balaban J connectivity index is 2.04. The summed E-state index contributed by atoms with van der Waals surface area (Å²) >= 11 is 0. The van der Waals surface area contributed by atoms with Crippen LogP contribution in [0.2, 0.25) is 0 Å². The van der Waals surface area contributed by atoms with E-state index >= 15 is 0 Å². The Morgan fingerprint density at radius 3 is 2.70 bits per heavy atom. The van der Waals surface area contributed by atoms with E-state index in [2.05, 4.69) is 36.1 Å². The van der Waals surface area contributed by atoms with E-state index in [1.54, 1.807) is 0 Å². The standard InChI is InChI=1S/C15H26N4O/c1-10-12(16)18-14(15(2,3)4)19-13(10)17-7-5-11-6-8-20-9-11/h11H,5-9H2,1-4H3,(H3,16,17,18,19). The van der Waals surface area contributed by atoms with Gasteiger partial charge in [0.05, 0.1) is 0 Å². The molecule has 112 valence electrons. The van der Waals surface area contributed by atoms with E-state index in [1.807, 2.05) is 6.92 Å². The molecular formula is C15H26N4O. The molecule has 0 aromatic carbocycles. The molecule has 0 saturated carbocycles. The molecular weight excluding hydrogens is 252 g/mol. The van der Waals surface area contributed by atoms with Crippen LogP contribution in [0.4, 0.5) is 11.6 Å². The van der Waals surface area contributed by atoms with E-state index in [0.29, 0.717) is 11.7 Å². The van der Waals surface area contributed by atoms with Gasteiger partial charge in [-0.2, -0.15) is 0 Å². The zero-order valence-electron chi connectivity index (χ0n) is 13.0. The SMILES string of the molecule is Cc1c(N)nc(C(C)(C)C)nc1NCCC1CCOC1. The van der Waals surface area contributed by atoms with E-state index in [4.69, 9.17) is 10.5 Å². The Bertz CT molecular complexity index is 462. The van der Waals surface area contributed by atoms with E-state index in [-0.39, 0.29) is 5.41 Å². The Labute approximate surface area is 121 Å². The number of nitrogen functional groups attached to an aromatic ring is 1. The second-order valence-corrected chi connectivity index (χ2v) is 6.60. The molecule has 1 aromatic heterocycles. The summed E-state index contributed by atoms with van der Waals surface area (Å²) < 4.78 is 5.39. The Hall–Kier alpha value is -1.36. The molecule has 0 spiro atoms. The van der Waals surface area contributed by atoms with Crippen molar-refractivity contribution in [3.8, 4) is 0 Å². The Morgan fingerprint density at radius 1 is 1.35 bits per heavy atom. The molecule has 2 heterocycles. The van der Waals surface area contributed by atoms with Gasteiger partial charge in [0.25, 0.3) is 0 Å². The minimum Gasteiger partial charge on any atom is -0.383 e. The largest absolute Gasteiger partial charge is 0.383 e. The third-order valence-corrected chi connectivity index (χ3v) is 3.72. The molecule has 5 heteroatoms. The second-order valence-electron chi connectivity index (χ2n) is 6.60. The molecule has 1 aliphatic rings. The smallest absolute Gasteiger partial charge is 0.138 e. The maximum absolute atomic E-state index is 6.00. The predicted molar refractivity (Wildman–Crippen MR) is 81.9 cm³/mol. The highest BCUT2D eigenvalue weighted by atomic mass is 16.5. The highest BCUT2D eigenvalue weighted by Crippen LogP contribution is 2.25. The van der Waals surface area contributed by atoms with Gasteiger partial charge in [0.15, 0.2) is 0 Å². The molecule has 20 heavy (non-hydrogen) atoms. The lowest BCUT2D eigenvalue weighted by molar-refractivity contribution is 0.185. The summed E-state index contributed by atoms with van der Waals surface area (Å²) in [5.41, 5.74) is 6.83. The summed E-state index contributed by atoms with van der Waals surface area (Å²) in [4.78, 5) is 9.03. The van der Waals surface area contributed by atoms with E-state index in [9.17, 15) is 0 Å². The average Bonchev–Trinajstić information content (AvgIpc) is 2.86. The van der Waals surface area contributed by atoms with Crippen molar-refractivity contribution in [2.75, 3.05) is 30.8 Å². The van der Waals surface area contributed by atoms with Crippen LogP contribution in [0.1, 0.15) is 45.0 Å². The van der Waals surface area contributed by atoms with E-state index < -0.39 is 0 Å². The summed E-state index contributed by atoms with van der Waals surface area (Å²) in [7, 11) is 0. The highest BCUT2D eigenvalue weighted by molar-refractivity contribution is 5.55. The minimum absolute atomic E-state index is 0.0997. The first kappa shape index (κ1) is 15.0. The van der Waals surface area contributed by atoms with Crippen LogP contribution in [0, 0.1) is 12.8 Å². The zero-order chi connectivity index (χ0) is 14.8. The van der Waals surface area contributed by atoms with Crippen molar-refractivity contribution < 1.29 is 4.74 Å². The third-order valence-electron chi connectivity index (χ3n) is 3.72. The summed E-state index contributed by atoms with van der Waals surface area (Å²) in [5, 5.41) is 3.41. The number of nitrogens with one attached hydrogen (secondary N) is 1. The number of hydrogen-bond donors (Lipinski definition) is 2. The van der Waals surface area contributed by atoms with Gasteiger partial charge in [-0.05, 0) is 25.7 Å². The first-order chi connectivity index (χ1) is 9.38. The molecule has 1 unspecified atom stereocenters. The van der Waals surface area contributed by atoms with Gasteiger partial charge in [-0.1, -0.05) is 20.8 Å². The molecule has 2 rings (SSSR count). The molecule has 1 aliphatic heterocycles. The van der Waals surface area contributed by atoms with Crippen molar-refractivity contribution >= 4 is 11.6 Å². The molecule has 1 fully saturated rings. The van der Waals surface area contributed by atoms with Gasteiger partial charge in [0.2, 0.25) is 0 Å². The van der Waals surface area contributed by atoms with Crippen LogP contribution in [0.15, 0.2) is 0 Å². The van der Waals surface area contributed by atoms with Crippen molar-refractivity contribution in [2.24, 2.45) is 5.92 Å². The lowest BCUT2D eigenvalue weighted by Gasteiger charge is -2.20. The zero-order valence-corrected chi connectivity index (χ0v) is 13.0. The van der Waals surface area contributed by atoms with Crippen LogP contribution in [0.5, 0.6) is 0 Å². The predicted octanol–water partition coefficient (Wildman–Crippen LogP) is 2.50. The molecule has 1 saturated heterocycles. The fourth-order valence-electron chi connectivity index (χ4n) is 2.25. The minimum atomic E-state index is -0.0997. The molecule has 0 aliphatic carbocycles. The second kappa shape index (κ2) is 5.95. The van der Waals surface area contributed by atoms with Crippen LogP contribution in [0.3, 0.4) is 0 Å². The molecule has 1 atom stereocenters. The van der Waals surface area contributed by atoms with Crippen LogP contribution >= 0.6 is 0 Å². The van der Waals surface area contributed by atoms with Gasteiger partial charge in [-0.3, -0.25) is 0 Å². The molecule has 0 radical (unpaired) electrons. The van der Waals surface area contributed by atoms with Gasteiger partial charge in [0.1, 0.15) is 17.5 Å². The summed E-state index contributed by atoms with van der Waals surface area (Å²) in [6.07, 6.45) is 2.27. The number of hydrogen-bond acceptors (Lipinski definition) is 5. The summed E-state index contributed by atoms with van der Waals surface area (Å²) in [6.45, 7) is 10.9. The summed E-state index contributed by atoms with van der Waals surface area (Å²) in [6, 6.07) is 0. The van der Waals surface area contributed by atoms with E-state index in [0.717, 1.165) is 43.4 Å². The first-order valence-corrected chi connectivity index (χ1v) is 7.34. The maximum Gasteiger partial charge on any atom is 0.138 e. The number of nitrogens with two attached hydrogens (primary N) is 1. The Morgan fingerprint density at radius 2 is 2.10 bits per heavy atom. The molecule has 5 nitrogen and oxygen atoms in total. The van der Waals surface area contributed by atoms with Crippen molar-refractivity contribution in [3.63, 3.8) is 0 Å². The molecule has 1 aromatic rings. The van der Waals surface area contributed by atoms with Crippen LogP contribution in [-0.4, -0.2) is 29.7 Å². The lowest BCUT2D eigenvalue weighted by Crippen LogP contribution is -2.20. The normalized spacial score (nSPS) is 19.3. The van der Waals surface area contributed by atoms with E-state index in [1.165, 1.54) is 6.42 Å². The van der Waals surface area contributed by atoms with Gasteiger partial charge in [0, 0.05) is 30.7 Å². The van der Waals surface area contributed by atoms with Gasteiger partial charge < -0.3 is 15.8 Å². The number of rotatable bonds is 4. The van der Waals surface area contributed by atoms with Crippen molar-refractivity contribution in [3.05, 3.63) is 11.4 Å². The van der Waals surface area contributed by atoms with Crippen LogP contribution < -0.4 is 11.1 Å². The highest BCUT2D eigenvalue weighted by Gasteiger charge is 2.20.